The van der Waals surface area contributed by atoms with E-state index in [2.05, 4.69) is 0 Å². The van der Waals surface area contributed by atoms with E-state index in [0.717, 1.165) is 10.5 Å². The quantitative estimate of drug-likeness (QED) is 0.417. The fourth-order valence-corrected chi connectivity index (χ4v) is 4.29. The first-order chi connectivity index (χ1) is 17.3. The van der Waals surface area contributed by atoms with Crippen molar-refractivity contribution in [3.8, 4) is 11.5 Å². The summed E-state index contributed by atoms with van der Waals surface area (Å²) >= 11 is 5.98. The number of imide groups is 1. The summed E-state index contributed by atoms with van der Waals surface area (Å²) < 4.78 is 24.0. The predicted octanol–water partition coefficient (Wildman–Crippen LogP) is 4.51. The van der Waals surface area contributed by atoms with Crippen LogP contribution in [0.4, 0.5) is 10.1 Å². The van der Waals surface area contributed by atoms with Crippen LogP contribution in [0.1, 0.15) is 22.3 Å². The third kappa shape index (κ3) is 5.18. The summed E-state index contributed by atoms with van der Waals surface area (Å²) in [5.41, 5.74) is 1.45. The van der Waals surface area contributed by atoms with Gasteiger partial charge >= 0.3 is 0 Å². The predicted molar refractivity (Wildman–Crippen MR) is 133 cm³/mol. The number of methoxy groups -OCH3 is 2. The fourth-order valence-electron chi connectivity index (χ4n) is 4.16. The van der Waals surface area contributed by atoms with Gasteiger partial charge in [0.1, 0.15) is 11.9 Å². The van der Waals surface area contributed by atoms with Gasteiger partial charge in [0, 0.05) is 17.1 Å². The topological polar surface area (TPSA) is 76.2 Å². The average molecular weight is 511 g/mol. The number of nitrogens with zero attached hydrogens (tertiary/aromatic N) is 2. The summed E-state index contributed by atoms with van der Waals surface area (Å²) in [6.07, 6.45) is 0.218. The Kier molecular flexibility index (Phi) is 7.55. The molecule has 0 spiro atoms. The Bertz CT molecular complexity index is 1280. The van der Waals surface area contributed by atoms with Crippen LogP contribution in [0.3, 0.4) is 0 Å². The molecule has 1 heterocycles. The maximum atomic E-state index is 13.5. The SMILES string of the molecule is COc1ccc(CCN(C(=O)c2ccc(Cl)cc2)[C@H]2CC(=O)N(c3ccc(F)cc3)C2=O)cc1OC. The molecule has 1 saturated heterocycles. The minimum Gasteiger partial charge on any atom is -0.493 e. The summed E-state index contributed by atoms with van der Waals surface area (Å²) in [6.45, 7) is 0.165. The van der Waals surface area contributed by atoms with E-state index >= 15 is 0 Å². The zero-order chi connectivity index (χ0) is 25.8. The molecule has 0 N–H and O–H groups in total. The van der Waals surface area contributed by atoms with Crippen molar-refractivity contribution in [1.82, 2.24) is 4.90 Å². The number of carbonyl (C=O) groups excluding carboxylic acids is 3. The Balaban J connectivity index is 1.63. The molecule has 186 valence electrons. The second kappa shape index (κ2) is 10.8. The van der Waals surface area contributed by atoms with Crippen molar-refractivity contribution in [3.63, 3.8) is 0 Å². The number of hydrogen-bond acceptors (Lipinski definition) is 5. The first kappa shape index (κ1) is 25.2. The normalized spacial score (nSPS) is 15.2. The van der Waals surface area contributed by atoms with Crippen LogP contribution >= 0.6 is 11.6 Å². The highest BCUT2D eigenvalue weighted by molar-refractivity contribution is 6.30. The van der Waals surface area contributed by atoms with Gasteiger partial charge in [0.05, 0.1) is 26.3 Å². The van der Waals surface area contributed by atoms with Gasteiger partial charge in [-0.2, -0.15) is 0 Å². The van der Waals surface area contributed by atoms with Crippen LogP contribution in [0.25, 0.3) is 0 Å². The highest BCUT2D eigenvalue weighted by Crippen LogP contribution is 2.30. The van der Waals surface area contributed by atoms with Crippen LogP contribution in [0.2, 0.25) is 5.02 Å². The van der Waals surface area contributed by atoms with E-state index < -0.39 is 29.6 Å². The summed E-state index contributed by atoms with van der Waals surface area (Å²) in [4.78, 5) is 42.2. The number of hydrogen-bond donors (Lipinski definition) is 0. The number of ether oxygens (including phenoxy) is 2. The Morgan fingerprint density at radius 1 is 1.00 bits per heavy atom. The lowest BCUT2D eigenvalue weighted by Gasteiger charge is -2.28. The zero-order valence-corrected chi connectivity index (χ0v) is 20.5. The molecule has 3 amide bonds. The molecular formula is C27H24ClFN2O5. The first-order valence-corrected chi connectivity index (χ1v) is 11.6. The van der Waals surface area contributed by atoms with Crippen molar-refractivity contribution >= 4 is 35.0 Å². The Labute approximate surface area is 213 Å². The van der Waals surface area contributed by atoms with Gasteiger partial charge in [0.25, 0.3) is 11.8 Å². The highest BCUT2D eigenvalue weighted by atomic mass is 35.5. The van der Waals surface area contributed by atoms with Crippen molar-refractivity contribution in [2.45, 2.75) is 18.9 Å². The monoisotopic (exact) mass is 510 g/mol. The number of halogens is 2. The highest BCUT2D eigenvalue weighted by Gasteiger charge is 2.44. The lowest BCUT2D eigenvalue weighted by atomic mass is 10.1. The third-order valence-corrected chi connectivity index (χ3v) is 6.28. The van der Waals surface area contributed by atoms with Crippen molar-refractivity contribution in [2.24, 2.45) is 0 Å². The lowest BCUT2D eigenvalue weighted by Crippen LogP contribution is -2.46. The Hall–Kier alpha value is -3.91. The molecule has 0 saturated carbocycles. The van der Waals surface area contributed by atoms with E-state index in [4.69, 9.17) is 21.1 Å². The van der Waals surface area contributed by atoms with Crippen LogP contribution in [0.5, 0.6) is 11.5 Å². The molecule has 0 radical (unpaired) electrons. The molecule has 3 aromatic carbocycles. The maximum Gasteiger partial charge on any atom is 0.257 e. The second-order valence-electron chi connectivity index (χ2n) is 8.21. The molecule has 0 bridgehead atoms. The molecular weight excluding hydrogens is 487 g/mol. The van der Waals surface area contributed by atoms with Gasteiger partial charge in [-0.15, -0.1) is 0 Å². The van der Waals surface area contributed by atoms with E-state index in [-0.39, 0.29) is 18.7 Å². The molecule has 1 aliphatic heterocycles. The molecule has 1 aliphatic rings. The number of anilines is 1. The van der Waals surface area contributed by atoms with Crippen molar-refractivity contribution in [3.05, 3.63) is 88.7 Å². The van der Waals surface area contributed by atoms with Gasteiger partial charge in [-0.05, 0) is 72.6 Å². The Morgan fingerprint density at radius 3 is 2.31 bits per heavy atom. The standard InChI is InChI=1S/C27H24ClFN2O5/c1-35-23-12-3-17(15-24(23)36-2)13-14-30(26(33)18-4-6-19(28)7-5-18)22-16-25(32)31(27(22)34)21-10-8-20(29)9-11-21/h3-12,15,22H,13-14,16H2,1-2H3/t22-/m0/s1. The molecule has 3 aromatic rings. The molecule has 36 heavy (non-hydrogen) atoms. The van der Waals surface area contributed by atoms with Crippen LogP contribution in [-0.2, 0) is 16.0 Å². The molecule has 1 fully saturated rings. The molecule has 0 unspecified atom stereocenters. The van der Waals surface area contributed by atoms with Crippen LogP contribution in [0.15, 0.2) is 66.7 Å². The van der Waals surface area contributed by atoms with Gasteiger partial charge in [0.15, 0.2) is 11.5 Å². The van der Waals surface area contributed by atoms with Crippen molar-refractivity contribution < 1.29 is 28.2 Å². The molecule has 9 heteroatoms. The van der Waals surface area contributed by atoms with Crippen molar-refractivity contribution in [2.75, 3.05) is 25.7 Å². The third-order valence-electron chi connectivity index (χ3n) is 6.03. The van der Waals surface area contributed by atoms with Gasteiger partial charge in [-0.25, -0.2) is 9.29 Å². The van der Waals surface area contributed by atoms with E-state index in [9.17, 15) is 18.8 Å². The Morgan fingerprint density at radius 2 is 1.67 bits per heavy atom. The minimum absolute atomic E-state index is 0.165. The largest absolute Gasteiger partial charge is 0.493 e. The summed E-state index contributed by atoms with van der Waals surface area (Å²) in [6, 6.07) is 15.8. The number of benzene rings is 3. The maximum absolute atomic E-state index is 13.5. The van der Waals surface area contributed by atoms with Crippen molar-refractivity contribution in [1.29, 1.82) is 0 Å². The zero-order valence-electron chi connectivity index (χ0n) is 19.7. The molecule has 0 aromatic heterocycles. The smallest absolute Gasteiger partial charge is 0.257 e. The first-order valence-electron chi connectivity index (χ1n) is 11.2. The van der Waals surface area contributed by atoms with E-state index in [0.29, 0.717) is 28.5 Å². The summed E-state index contributed by atoms with van der Waals surface area (Å²) in [5, 5.41) is 0.470. The van der Waals surface area contributed by atoms with Gasteiger partial charge in [-0.1, -0.05) is 17.7 Å². The van der Waals surface area contributed by atoms with Crippen LogP contribution < -0.4 is 14.4 Å². The van der Waals surface area contributed by atoms with Gasteiger partial charge in [0.2, 0.25) is 5.91 Å². The number of amides is 3. The molecule has 7 nitrogen and oxygen atoms in total. The number of rotatable bonds is 8. The minimum atomic E-state index is -1.01. The van der Waals surface area contributed by atoms with Crippen LogP contribution in [0, 0.1) is 5.82 Å². The summed E-state index contributed by atoms with van der Waals surface area (Å²) in [7, 11) is 3.07. The number of carbonyl (C=O) groups is 3. The van der Waals surface area contributed by atoms with Gasteiger partial charge in [-0.3, -0.25) is 14.4 Å². The lowest BCUT2D eigenvalue weighted by molar-refractivity contribution is -0.122. The fraction of sp³-hybridized carbons (Fsp3) is 0.222. The van der Waals surface area contributed by atoms with E-state index in [1.807, 2.05) is 6.07 Å². The molecule has 0 aliphatic carbocycles. The van der Waals surface area contributed by atoms with Gasteiger partial charge < -0.3 is 14.4 Å². The van der Waals surface area contributed by atoms with E-state index in [1.165, 1.54) is 36.3 Å². The summed E-state index contributed by atoms with van der Waals surface area (Å²) in [5.74, 6) is -0.775. The molecule has 4 rings (SSSR count). The van der Waals surface area contributed by atoms with E-state index in [1.54, 1.807) is 43.5 Å². The van der Waals surface area contributed by atoms with Crippen LogP contribution in [-0.4, -0.2) is 49.4 Å². The molecule has 1 atom stereocenters. The second-order valence-corrected chi connectivity index (χ2v) is 8.64. The average Bonchev–Trinajstić information content (AvgIpc) is 3.18.